The first-order valence-electron chi connectivity index (χ1n) is 4.01. The minimum absolute atomic E-state index is 0.271. The van der Waals surface area contributed by atoms with E-state index in [4.69, 9.17) is 0 Å². The molecule has 2 aromatic rings. The molecule has 2 rings (SSSR count). The van der Waals surface area contributed by atoms with E-state index >= 15 is 0 Å². The van der Waals surface area contributed by atoms with Gasteiger partial charge in [0.15, 0.2) is 0 Å². The maximum absolute atomic E-state index is 12.9. The van der Waals surface area contributed by atoms with Gasteiger partial charge in [0.05, 0.1) is 5.69 Å². The monoisotopic (exact) mass is 252 g/mol. The summed E-state index contributed by atoms with van der Waals surface area (Å²) in [6.45, 7) is 0. The SMILES string of the molecule is Fc1cccc(-c2ccc(Br)nn2)c1. The Balaban J connectivity index is 2.44. The third-order valence-electron chi connectivity index (χ3n) is 1.75. The largest absolute Gasteiger partial charge is 0.207 e. The zero-order valence-corrected chi connectivity index (χ0v) is 8.70. The van der Waals surface area contributed by atoms with Crippen molar-refractivity contribution in [3.63, 3.8) is 0 Å². The molecule has 0 spiro atoms. The molecular weight excluding hydrogens is 247 g/mol. The molecule has 0 amide bonds. The second kappa shape index (κ2) is 3.84. The molecule has 0 saturated carbocycles. The van der Waals surface area contributed by atoms with Crippen LogP contribution in [0, 0.1) is 5.82 Å². The molecule has 0 fully saturated rings. The number of halogens is 2. The van der Waals surface area contributed by atoms with Crippen LogP contribution < -0.4 is 0 Å². The van der Waals surface area contributed by atoms with Crippen LogP contribution in [-0.4, -0.2) is 10.2 Å². The summed E-state index contributed by atoms with van der Waals surface area (Å²) in [6.07, 6.45) is 0. The fourth-order valence-electron chi connectivity index (χ4n) is 1.12. The van der Waals surface area contributed by atoms with Crippen molar-refractivity contribution in [2.24, 2.45) is 0 Å². The molecule has 0 radical (unpaired) electrons. The first-order chi connectivity index (χ1) is 6.75. The molecule has 2 nitrogen and oxygen atoms in total. The van der Waals surface area contributed by atoms with E-state index in [-0.39, 0.29) is 5.82 Å². The molecule has 0 unspecified atom stereocenters. The lowest BCUT2D eigenvalue weighted by molar-refractivity contribution is 0.628. The Kier molecular flexibility index (Phi) is 2.54. The Bertz CT molecular complexity index is 442. The number of hydrogen-bond acceptors (Lipinski definition) is 2. The standard InChI is InChI=1S/C10H6BrFN2/c11-10-5-4-9(13-14-10)7-2-1-3-8(12)6-7/h1-6H. The Labute approximate surface area is 88.9 Å². The van der Waals surface area contributed by atoms with Gasteiger partial charge in [-0.15, -0.1) is 10.2 Å². The molecule has 1 aromatic carbocycles. The lowest BCUT2D eigenvalue weighted by atomic mass is 10.1. The molecule has 0 N–H and O–H groups in total. The van der Waals surface area contributed by atoms with Crippen molar-refractivity contribution in [3.05, 3.63) is 46.8 Å². The van der Waals surface area contributed by atoms with Gasteiger partial charge in [-0.3, -0.25) is 0 Å². The summed E-state index contributed by atoms with van der Waals surface area (Å²) in [7, 11) is 0. The van der Waals surface area contributed by atoms with Crippen LogP contribution in [0.15, 0.2) is 41.0 Å². The second-order valence-electron chi connectivity index (χ2n) is 2.75. The van der Waals surface area contributed by atoms with Gasteiger partial charge in [0.25, 0.3) is 0 Å². The summed E-state index contributed by atoms with van der Waals surface area (Å²) in [5, 5.41) is 7.76. The highest BCUT2D eigenvalue weighted by atomic mass is 79.9. The molecule has 70 valence electrons. The number of hydrogen-bond donors (Lipinski definition) is 0. The fourth-order valence-corrected chi connectivity index (χ4v) is 1.33. The topological polar surface area (TPSA) is 25.8 Å². The molecule has 1 aromatic heterocycles. The molecule has 0 aliphatic rings. The van der Waals surface area contributed by atoms with Gasteiger partial charge in [0.2, 0.25) is 0 Å². The summed E-state index contributed by atoms with van der Waals surface area (Å²) >= 11 is 3.18. The van der Waals surface area contributed by atoms with E-state index in [0.717, 1.165) is 5.56 Å². The van der Waals surface area contributed by atoms with Gasteiger partial charge in [0.1, 0.15) is 10.4 Å². The third-order valence-corrected chi connectivity index (χ3v) is 2.18. The Hall–Kier alpha value is -1.29. The van der Waals surface area contributed by atoms with Crippen LogP contribution >= 0.6 is 15.9 Å². The second-order valence-corrected chi connectivity index (χ2v) is 3.56. The number of benzene rings is 1. The molecule has 0 saturated heterocycles. The Morgan fingerprint density at radius 2 is 1.93 bits per heavy atom. The maximum Gasteiger partial charge on any atom is 0.128 e. The predicted molar refractivity (Wildman–Crippen MR) is 55.1 cm³/mol. The van der Waals surface area contributed by atoms with Crippen LogP contribution in [0.25, 0.3) is 11.3 Å². The number of rotatable bonds is 1. The van der Waals surface area contributed by atoms with Crippen LogP contribution in [-0.2, 0) is 0 Å². The van der Waals surface area contributed by atoms with Crippen molar-refractivity contribution in [1.29, 1.82) is 0 Å². The van der Waals surface area contributed by atoms with Gasteiger partial charge < -0.3 is 0 Å². The van der Waals surface area contributed by atoms with Crippen LogP contribution in [0.2, 0.25) is 0 Å². The predicted octanol–water partition coefficient (Wildman–Crippen LogP) is 3.05. The van der Waals surface area contributed by atoms with E-state index in [0.29, 0.717) is 10.3 Å². The summed E-state index contributed by atoms with van der Waals surface area (Å²) in [6, 6.07) is 9.82. The number of aromatic nitrogens is 2. The van der Waals surface area contributed by atoms with E-state index in [2.05, 4.69) is 26.1 Å². The molecule has 0 aliphatic heterocycles. The first kappa shape index (κ1) is 9.27. The van der Waals surface area contributed by atoms with E-state index in [9.17, 15) is 4.39 Å². The Morgan fingerprint density at radius 3 is 2.57 bits per heavy atom. The van der Waals surface area contributed by atoms with E-state index in [1.165, 1.54) is 12.1 Å². The fraction of sp³-hybridized carbons (Fsp3) is 0. The van der Waals surface area contributed by atoms with Gasteiger partial charge in [-0.2, -0.15) is 0 Å². The molecular formula is C10H6BrFN2. The third kappa shape index (κ3) is 1.96. The van der Waals surface area contributed by atoms with E-state index in [1.807, 2.05) is 0 Å². The van der Waals surface area contributed by atoms with E-state index < -0.39 is 0 Å². The summed E-state index contributed by atoms with van der Waals surface area (Å²) in [5.74, 6) is -0.271. The lowest BCUT2D eigenvalue weighted by Gasteiger charge is -1.99. The summed E-state index contributed by atoms with van der Waals surface area (Å²) in [5.41, 5.74) is 1.39. The minimum Gasteiger partial charge on any atom is -0.207 e. The van der Waals surface area contributed by atoms with Crippen LogP contribution in [0.3, 0.4) is 0 Å². The van der Waals surface area contributed by atoms with Gasteiger partial charge in [-0.25, -0.2) is 4.39 Å². The normalized spacial score (nSPS) is 10.1. The molecule has 4 heteroatoms. The smallest absolute Gasteiger partial charge is 0.128 e. The van der Waals surface area contributed by atoms with Crippen LogP contribution in [0.5, 0.6) is 0 Å². The highest BCUT2D eigenvalue weighted by Gasteiger charge is 2.00. The molecule has 14 heavy (non-hydrogen) atoms. The van der Waals surface area contributed by atoms with Crippen LogP contribution in [0.4, 0.5) is 4.39 Å². The molecule has 1 heterocycles. The maximum atomic E-state index is 12.9. The molecule has 0 aliphatic carbocycles. The summed E-state index contributed by atoms with van der Waals surface area (Å²) in [4.78, 5) is 0. The van der Waals surface area contributed by atoms with Crippen molar-refractivity contribution in [2.75, 3.05) is 0 Å². The number of nitrogens with zero attached hydrogens (tertiary/aromatic N) is 2. The highest BCUT2D eigenvalue weighted by molar-refractivity contribution is 9.10. The van der Waals surface area contributed by atoms with Gasteiger partial charge >= 0.3 is 0 Å². The molecule has 0 atom stereocenters. The zero-order valence-electron chi connectivity index (χ0n) is 7.11. The lowest BCUT2D eigenvalue weighted by Crippen LogP contribution is -1.87. The van der Waals surface area contributed by atoms with E-state index in [1.54, 1.807) is 24.3 Å². The Morgan fingerprint density at radius 1 is 1.07 bits per heavy atom. The molecule has 0 bridgehead atoms. The average molecular weight is 253 g/mol. The summed E-state index contributed by atoms with van der Waals surface area (Å²) < 4.78 is 13.5. The van der Waals surface area contributed by atoms with Crippen molar-refractivity contribution in [2.45, 2.75) is 0 Å². The average Bonchev–Trinajstić information content (AvgIpc) is 2.19. The van der Waals surface area contributed by atoms with Crippen molar-refractivity contribution in [1.82, 2.24) is 10.2 Å². The quantitative estimate of drug-likeness (QED) is 0.780. The van der Waals surface area contributed by atoms with Crippen molar-refractivity contribution < 1.29 is 4.39 Å². The van der Waals surface area contributed by atoms with Crippen molar-refractivity contribution in [3.8, 4) is 11.3 Å². The van der Waals surface area contributed by atoms with Gasteiger partial charge in [-0.05, 0) is 40.2 Å². The van der Waals surface area contributed by atoms with Gasteiger partial charge in [0, 0.05) is 5.56 Å². The zero-order chi connectivity index (χ0) is 9.97. The van der Waals surface area contributed by atoms with Gasteiger partial charge in [-0.1, -0.05) is 12.1 Å². The minimum atomic E-state index is -0.271. The van der Waals surface area contributed by atoms with Crippen molar-refractivity contribution >= 4 is 15.9 Å². The first-order valence-corrected chi connectivity index (χ1v) is 4.80. The highest BCUT2D eigenvalue weighted by Crippen LogP contribution is 2.17. The van der Waals surface area contributed by atoms with Crippen LogP contribution in [0.1, 0.15) is 0 Å².